The van der Waals surface area contributed by atoms with Crippen molar-refractivity contribution >= 4 is 16.9 Å². The lowest BCUT2D eigenvalue weighted by atomic mass is 10.1. The number of carbonyl (C=O) groups is 1. The van der Waals surface area contributed by atoms with Crippen molar-refractivity contribution in [2.45, 2.75) is 13.5 Å². The van der Waals surface area contributed by atoms with Crippen LogP contribution in [-0.2, 0) is 6.54 Å². The zero-order chi connectivity index (χ0) is 18.0. The third-order valence-corrected chi connectivity index (χ3v) is 4.24. The third-order valence-electron chi connectivity index (χ3n) is 4.24. The Morgan fingerprint density at radius 3 is 2.52 bits per heavy atom. The molecule has 1 amide bonds. The van der Waals surface area contributed by atoms with E-state index in [2.05, 4.69) is 0 Å². The van der Waals surface area contributed by atoms with Gasteiger partial charge in [-0.1, -0.05) is 12.1 Å². The first-order valence-electron chi connectivity index (χ1n) is 7.99. The summed E-state index contributed by atoms with van der Waals surface area (Å²) in [6, 6.07) is 13.2. The lowest BCUT2D eigenvalue weighted by Gasteiger charge is -2.16. The number of hydrogen-bond acceptors (Lipinski definition) is 4. The maximum absolute atomic E-state index is 12.8. The summed E-state index contributed by atoms with van der Waals surface area (Å²) in [6.07, 6.45) is 0. The van der Waals surface area contributed by atoms with Gasteiger partial charge in [-0.15, -0.1) is 0 Å². The van der Waals surface area contributed by atoms with E-state index in [-0.39, 0.29) is 5.91 Å². The molecular formula is C20H21NO4. The van der Waals surface area contributed by atoms with Gasteiger partial charge in [-0.05, 0) is 42.8 Å². The van der Waals surface area contributed by atoms with Gasteiger partial charge in [-0.3, -0.25) is 4.79 Å². The molecule has 0 fully saturated rings. The Kier molecular flexibility index (Phi) is 4.65. The van der Waals surface area contributed by atoms with Crippen LogP contribution in [0, 0.1) is 6.92 Å². The van der Waals surface area contributed by atoms with E-state index in [0.717, 1.165) is 28.0 Å². The summed E-state index contributed by atoms with van der Waals surface area (Å²) in [6.45, 7) is 2.35. The molecule has 0 aliphatic carbocycles. The van der Waals surface area contributed by atoms with Crippen LogP contribution in [0.3, 0.4) is 0 Å². The predicted octanol–water partition coefficient (Wildman–Crippen LogP) is 4.03. The Morgan fingerprint density at radius 1 is 1.08 bits per heavy atom. The van der Waals surface area contributed by atoms with Gasteiger partial charge in [0.2, 0.25) is 0 Å². The number of furan rings is 1. The van der Waals surface area contributed by atoms with E-state index in [1.54, 1.807) is 26.2 Å². The molecule has 0 aliphatic rings. The monoisotopic (exact) mass is 339 g/mol. The number of carbonyl (C=O) groups excluding carboxylic acids is 1. The Hall–Kier alpha value is -2.95. The highest BCUT2D eigenvalue weighted by atomic mass is 16.5. The van der Waals surface area contributed by atoms with E-state index in [9.17, 15) is 4.79 Å². The summed E-state index contributed by atoms with van der Waals surface area (Å²) in [5.74, 6) is 1.70. The van der Waals surface area contributed by atoms with Gasteiger partial charge in [-0.25, -0.2) is 0 Å². The zero-order valence-electron chi connectivity index (χ0n) is 14.8. The molecule has 25 heavy (non-hydrogen) atoms. The van der Waals surface area contributed by atoms with Crippen molar-refractivity contribution < 1.29 is 18.7 Å². The first-order chi connectivity index (χ1) is 12.0. The lowest BCUT2D eigenvalue weighted by Crippen LogP contribution is -2.26. The van der Waals surface area contributed by atoms with Crippen molar-refractivity contribution in [2.75, 3.05) is 21.3 Å². The maximum Gasteiger partial charge on any atom is 0.289 e. The van der Waals surface area contributed by atoms with Gasteiger partial charge in [0, 0.05) is 24.5 Å². The SMILES string of the molecule is COc1cccc(CN(C)C(=O)c2oc3ccc(OC)cc3c2C)c1. The summed E-state index contributed by atoms with van der Waals surface area (Å²) < 4.78 is 16.3. The Bertz CT molecular complexity index is 913. The second-order valence-electron chi connectivity index (χ2n) is 5.93. The molecule has 5 heteroatoms. The van der Waals surface area contributed by atoms with Crippen LogP contribution < -0.4 is 9.47 Å². The van der Waals surface area contributed by atoms with E-state index in [4.69, 9.17) is 13.9 Å². The molecule has 0 saturated carbocycles. The molecule has 0 atom stereocenters. The van der Waals surface area contributed by atoms with E-state index < -0.39 is 0 Å². The minimum Gasteiger partial charge on any atom is -0.497 e. The van der Waals surface area contributed by atoms with Gasteiger partial charge in [-0.2, -0.15) is 0 Å². The predicted molar refractivity (Wildman–Crippen MR) is 96.3 cm³/mol. The molecule has 5 nitrogen and oxygen atoms in total. The van der Waals surface area contributed by atoms with E-state index >= 15 is 0 Å². The molecule has 1 heterocycles. The van der Waals surface area contributed by atoms with Crippen LogP contribution in [-0.4, -0.2) is 32.1 Å². The first-order valence-corrected chi connectivity index (χ1v) is 7.99. The summed E-state index contributed by atoms with van der Waals surface area (Å²) in [7, 11) is 5.00. The number of amides is 1. The molecule has 3 aromatic rings. The largest absolute Gasteiger partial charge is 0.497 e. The van der Waals surface area contributed by atoms with Crippen molar-refractivity contribution in [1.82, 2.24) is 4.90 Å². The highest BCUT2D eigenvalue weighted by Gasteiger charge is 2.21. The third kappa shape index (κ3) is 3.31. The van der Waals surface area contributed by atoms with Crippen LogP contribution in [0.15, 0.2) is 46.9 Å². The standard InChI is InChI=1S/C20H21NO4/c1-13-17-11-16(24-4)8-9-18(17)25-19(13)20(22)21(2)12-14-6-5-7-15(10-14)23-3/h5-11H,12H2,1-4H3. The molecule has 0 saturated heterocycles. The maximum atomic E-state index is 12.8. The van der Waals surface area contributed by atoms with E-state index in [1.807, 2.05) is 49.4 Å². The number of aryl methyl sites for hydroxylation is 1. The van der Waals surface area contributed by atoms with Crippen molar-refractivity contribution in [3.05, 3.63) is 59.4 Å². The molecule has 0 radical (unpaired) electrons. The Labute approximate surface area is 146 Å². The average molecular weight is 339 g/mol. The number of benzene rings is 2. The van der Waals surface area contributed by atoms with Crippen LogP contribution in [0.1, 0.15) is 21.7 Å². The summed E-state index contributed by atoms with van der Waals surface area (Å²) in [5.41, 5.74) is 2.48. The fraction of sp³-hybridized carbons (Fsp3) is 0.250. The van der Waals surface area contributed by atoms with Crippen LogP contribution in [0.2, 0.25) is 0 Å². The van der Waals surface area contributed by atoms with Crippen molar-refractivity contribution in [3.63, 3.8) is 0 Å². The second kappa shape index (κ2) is 6.89. The fourth-order valence-electron chi connectivity index (χ4n) is 2.82. The highest BCUT2D eigenvalue weighted by Crippen LogP contribution is 2.29. The first kappa shape index (κ1) is 16.9. The van der Waals surface area contributed by atoms with Gasteiger partial charge in [0.05, 0.1) is 14.2 Å². The molecule has 2 aromatic carbocycles. The van der Waals surface area contributed by atoms with Gasteiger partial charge >= 0.3 is 0 Å². The minimum atomic E-state index is -0.157. The molecule has 0 spiro atoms. The molecule has 3 rings (SSSR count). The Balaban J connectivity index is 1.86. The molecule has 0 bridgehead atoms. The lowest BCUT2D eigenvalue weighted by molar-refractivity contribution is 0.0754. The molecular weight excluding hydrogens is 318 g/mol. The van der Waals surface area contributed by atoms with Crippen molar-refractivity contribution in [1.29, 1.82) is 0 Å². The number of nitrogens with zero attached hydrogens (tertiary/aromatic N) is 1. The number of hydrogen-bond donors (Lipinski definition) is 0. The Morgan fingerprint density at radius 2 is 1.80 bits per heavy atom. The van der Waals surface area contributed by atoms with E-state index in [0.29, 0.717) is 17.9 Å². The molecule has 130 valence electrons. The van der Waals surface area contributed by atoms with Crippen LogP contribution >= 0.6 is 0 Å². The summed E-state index contributed by atoms with van der Waals surface area (Å²) in [4.78, 5) is 14.5. The summed E-state index contributed by atoms with van der Waals surface area (Å²) >= 11 is 0. The van der Waals surface area contributed by atoms with Gasteiger partial charge in [0.1, 0.15) is 17.1 Å². The topological polar surface area (TPSA) is 51.9 Å². The smallest absolute Gasteiger partial charge is 0.289 e. The quantitative estimate of drug-likeness (QED) is 0.704. The van der Waals surface area contributed by atoms with Gasteiger partial charge in [0.15, 0.2) is 5.76 Å². The number of fused-ring (bicyclic) bond motifs is 1. The molecule has 0 unspecified atom stereocenters. The van der Waals surface area contributed by atoms with Crippen molar-refractivity contribution in [2.24, 2.45) is 0 Å². The normalized spacial score (nSPS) is 10.7. The van der Waals surface area contributed by atoms with Crippen molar-refractivity contribution in [3.8, 4) is 11.5 Å². The van der Waals surface area contributed by atoms with Crippen LogP contribution in [0.4, 0.5) is 0 Å². The number of methoxy groups -OCH3 is 2. The average Bonchev–Trinajstić information content (AvgIpc) is 2.97. The second-order valence-corrected chi connectivity index (χ2v) is 5.93. The zero-order valence-corrected chi connectivity index (χ0v) is 14.8. The number of ether oxygens (including phenoxy) is 2. The van der Waals surface area contributed by atoms with Gasteiger partial charge in [0.25, 0.3) is 5.91 Å². The fourth-order valence-corrected chi connectivity index (χ4v) is 2.82. The van der Waals surface area contributed by atoms with E-state index in [1.165, 1.54) is 0 Å². The summed E-state index contributed by atoms with van der Waals surface area (Å²) in [5, 5.41) is 0.887. The minimum absolute atomic E-state index is 0.157. The molecule has 0 aliphatic heterocycles. The number of rotatable bonds is 5. The molecule has 0 N–H and O–H groups in total. The molecule has 1 aromatic heterocycles. The highest BCUT2D eigenvalue weighted by molar-refractivity contribution is 5.99. The van der Waals surface area contributed by atoms with Crippen LogP contribution in [0.5, 0.6) is 11.5 Å². The van der Waals surface area contributed by atoms with Crippen LogP contribution in [0.25, 0.3) is 11.0 Å². The van der Waals surface area contributed by atoms with Gasteiger partial charge < -0.3 is 18.8 Å².